The minimum atomic E-state index is -1.48. The van der Waals surface area contributed by atoms with Gasteiger partial charge in [0.25, 0.3) is 0 Å². The number of carbonyl (C=O) groups excluding carboxylic acids is 3. The fraction of sp³-hybridized carbons (Fsp3) is 0.476. The summed E-state index contributed by atoms with van der Waals surface area (Å²) in [7, 11) is 0. The highest BCUT2D eigenvalue weighted by Gasteiger charge is 2.30. The molecular weight excluding hydrogens is 462 g/mol. The Morgan fingerprint density at radius 2 is 1.66 bits per heavy atom. The van der Waals surface area contributed by atoms with Gasteiger partial charge in [-0.05, 0) is 37.5 Å². The van der Waals surface area contributed by atoms with Gasteiger partial charge in [-0.3, -0.25) is 24.2 Å². The number of carboxylic acids is 1. The molecule has 0 aliphatic carbocycles. The molecule has 0 aromatic heterocycles. The van der Waals surface area contributed by atoms with Gasteiger partial charge in [0.15, 0.2) is 5.96 Å². The molecule has 0 spiro atoms. The summed E-state index contributed by atoms with van der Waals surface area (Å²) in [5.41, 5.74) is 17.0. The summed E-state index contributed by atoms with van der Waals surface area (Å²) < 4.78 is 0. The van der Waals surface area contributed by atoms with Gasteiger partial charge in [0, 0.05) is 13.0 Å². The van der Waals surface area contributed by atoms with Crippen LogP contribution in [-0.4, -0.2) is 82.3 Å². The van der Waals surface area contributed by atoms with Crippen LogP contribution in [0.25, 0.3) is 0 Å². The molecule has 0 aliphatic heterocycles. The minimum Gasteiger partial charge on any atom is -0.508 e. The number of aliphatic imine (C=N–C) groups is 1. The number of phenolic OH excluding ortho intramolecular Hbond substituents is 1. The van der Waals surface area contributed by atoms with E-state index in [1.807, 2.05) is 0 Å². The molecule has 4 atom stereocenters. The number of hydrogen-bond acceptors (Lipinski definition) is 8. The van der Waals surface area contributed by atoms with Gasteiger partial charge in [0.05, 0.1) is 12.1 Å². The predicted molar refractivity (Wildman–Crippen MR) is 126 cm³/mol. The summed E-state index contributed by atoms with van der Waals surface area (Å²) >= 11 is 0. The Kier molecular flexibility index (Phi) is 12.0. The highest BCUT2D eigenvalue weighted by Crippen LogP contribution is 2.12. The average Bonchev–Trinajstić information content (AvgIpc) is 2.78. The van der Waals surface area contributed by atoms with Gasteiger partial charge in [-0.1, -0.05) is 12.1 Å². The second-order valence-corrected chi connectivity index (χ2v) is 7.83. The van der Waals surface area contributed by atoms with E-state index in [9.17, 15) is 29.4 Å². The van der Waals surface area contributed by atoms with Crippen molar-refractivity contribution in [2.75, 3.05) is 13.1 Å². The van der Waals surface area contributed by atoms with Crippen LogP contribution in [0.15, 0.2) is 29.3 Å². The highest BCUT2D eigenvalue weighted by atomic mass is 16.4. The van der Waals surface area contributed by atoms with Crippen LogP contribution >= 0.6 is 0 Å². The lowest BCUT2D eigenvalue weighted by Gasteiger charge is -2.25. The van der Waals surface area contributed by atoms with Crippen molar-refractivity contribution in [3.05, 3.63) is 29.8 Å². The number of aliphatic carboxylic acids is 1. The van der Waals surface area contributed by atoms with Crippen molar-refractivity contribution in [1.29, 1.82) is 0 Å². The van der Waals surface area contributed by atoms with E-state index < -0.39 is 54.5 Å². The number of phenols is 1. The lowest BCUT2D eigenvalue weighted by atomic mass is 10.0. The van der Waals surface area contributed by atoms with Crippen molar-refractivity contribution >= 4 is 29.7 Å². The third kappa shape index (κ3) is 11.2. The number of aliphatic hydroxyl groups excluding tert-OH is 1. The molecule has 0 heterocycles. The lowest BCUT2D eigenvalue weighted by Crippen LogP contribution is -2.59. The molecule has 4 unspecified atom stereocenters. The summed E-state index contributed by atoms with van der Waals surface area (Å²) in [4.78, 5) is 52.4. The van der Waals surface area contributed by atoms with Crippen molar-refractivity contribution < 1.29 is 34.5 Å². The average molecular weight is 496 g/mol. The Labute approximate surface area is 201 Å². The molecule has 14 nitrogen and oxygen atoms in total. The molecule has 12 N–H and O–H groups in total. The molecule has 0 aliphatic rings. The molecule has 0 radical (unpaired) electrons. The van der Waals surface area contributed by atoms with E-state index in [0.717, 1.165) is 0 Å². The molecule has 0 bridgehead atoms. The molecule has 0 fully saturated rings. The van der Waals surface area contributed by atoms with Gasteiger partial charge in [-0.25, -0.2) is 0 Å². The molecule has 1 aromatic rings. The fourth-order valence-corrected chi connectivity index (χ4v) is 2.94. The first kappa shape index (κ1) is 29.1. The Bertz CT molecular complexity index is 902. The van der Waals surface area contributed by atoms with Crippen LogP contribution in [0.2, 0.25) is 0 Å². The van der Waals surface area contributed by atoms with Crippen molar-refractivity contribution in [3.8, 4) is 5.75 Å². The maximum absolute atomic E-state index is 13.0. The van der Waals surface area contributed by atoms with Crippen LogP contribution in [0.1, 0.15) is 25.3 Å². The Balaban J connectivity index is 2.96. The van der Waals surface area contributed by atoms with Gasteiger partial charge in [-0.15, -0.1) is 0 Å². The summed E-state index contributed by atoms with van der Waals surface area (Å²) in [5.74, 6) is -3.75. The number of nitrogens with one attached hydrogen (secondary N) is 3. The number of aliphatic hydroxyl groups is 1. The number of rotatable bonds is 14. The summed E-state index contributed by atoms with van der Waals surface area (Å²) in [6.07, 6.45) is -0.753. The molecule has 194 valence electrons. The second-order valence-electron chi connectivity index (χ2n) is 7.83. The normalized spacial score (nSPS) is 14.0. The van der Waals surface area contributed by atoms with E-state index in [-0.39, 0.29) is 31.1 Å². The van der Waals surface area contributed by atoms with E-state index in [1.54, 1.807) is 12.1 Å². The number of guanidine groups is 1. The van der Waals surface area contributed by atoms with Crippen molar-refractivity contribution in [2.24, 2.45) is 22.2 Å². The number of nitrogens with two attached hydrogens (primary N) is 3. The zero-order valence-electron chi connectivity index (χ0n) is 19.3. The second kappa shape index (κ2) is 14.4. The molecule has 3 amide bonds. The number of aromatic hydroxyl groups is 1. The monoisotopic (exact) mass is 495 g/mol. The van der Waals surface area contributed by atoms with Crippen LogP contribution < -0.4 is 33.2 Å². The smallest absolute Gasteiger partial charge is 0.322 e. The SMILES string of the molecule is CC(O)C(NC(=O)C(Cc1ccc(O)cc1)NC(=O)C(N)CCCN=C(N)N)C(=O)NCC(=O)O. The van der Waals surface area contributed by atoms with E-state index in [1.165, 1.54) is 19.1 Å². The molecule has 14 heteroatoms. The number of carboxylic acid groups (broad SMARTS) is 1. The highest BCUT2D eigenvalue weighted by molar-refractivity contribution is 5.94. The third-order valence-electron chi connectivity index (χ3n) is 4.79. The van der Waals surface area contributed by atoms with Crippen molar-refractivity contribution in [2.45, 2.75) is 50.4 Å². The number of hydrogen-bond donors (Lipinski definition) is 9. The zero-order chi connectivity index (χ0) is 26.5. The van der Waals surface area contributed by atoms with E-state index in [2.05, 4.69) is 20.9 Å². The van der Waals surface area contributed by atoms with Gasteiger partial charge in [0.2, 0.25) is 17.7 Å². The number of amides is 3. The topological polar surface area (TPSA) is 255 Å². The van der Waals surface area contributed by atoms with Crippen molar-refractivity contribution in [3.63, 3.8) is 0 Å². The largest absolute Gasteiger partial charge is 0.508 e. The zero-order valence-corrected chi connectivity index (χ0v) is 19.3. The summed E-state index contributed by atoms with van der Waals surface area (Å²) in [6, 6.07) is 2.23. The Morgan fingerprint density at radius 3 is 2.20 bits per heavy atom. The van der Waals surface area contributed by atoms with E-state index in [0.29, 0.717) is 12.0 Å². The first-order valence-electron chi connectivity index (χ1n) is 10.8. The van der Waals surface area contributed by atoms with Crippen LogP contribution in [0.4, 0.5) is 0 Å². The maximum Gasteiger partial charge on any atom is 0.322 e. The number of nitrogens with zero attached hydrogens (tertiary/aromatic N) is 1. The molecule has 1 rings (SSSR count). The maximum atomic E-state index is 13.0. The fourth-order valence-electron chi connectivity index (χ4n) is 2.94. The molecular formula is C21H33N7O7. The lowest BCUT2D eigenvalue weighted by molar-refractivity contribution is -0.139. The van der Waals surface area contributed by atoms with Crippen molar-refractivity contribution in [1.82, 2.24) is 16.0 Å². The number of benzene rings is 1. The first-order chi connectivity index (χ1) is 16.4. The van der Waals surface area contributed by atoms with Crippen LogP contribution in [-0.2, 0) is 25.6 Å². The Hall–Kier alpha value is -3.91. The molecule has 0 saturated carbocycles. The number of carbonyl (C=O) groups is 4. The molecule has 0 saturated heterocycles. The Morgan fingerprint density at radius 1 is 1.03 bits per heavy atom. The van der Waals surface area contributed by atoms with Crippen LogP contribution in [0, 0.1) is 0 Å². The summed E-state index contributed by atoms with van der Waals surface area (Å²) in [6.45, 7) is 0.800. The minimum absolute atomic E-state index is 0.00542. The van der Waals surface area contributed by atoms with Crippen LogP contribution in [0.5, 0.6) is 5.75 Å². The van der Waals surface area contributed by atoms with Crippen LogP contribution in [0.3, 0.4) is 0 Å². The van der Waals surface area contributed by atoms with Gasteiger partial charge in [0.1, 0.15) is 24.4 Å². The predicted octanol–water partition coefficient (Wildman–Crippen LogP) is -3.13. The summed E-state index contributed by atoms with van der Waals surface area (Å²) in [5, 5.41) is 35.1. The third-order valence-corrected chi connectivity index (χ3v) is 4.79. The first-order valence-corrected chi connectivity index (χ1v) is 10.8. The van der Waals surface area contributed by atoms with E-state index in [4.69, 9.17) is 22.3 Å². The van der Waals surface area contributed by atoms with Gasteiger partial charge >= 0.3 is 5.97 Å². The van der Waals surface area contributed by atoms with E-state index >= 15 is 0 Å². The standard InChI is InChI=1S/C21H33N7O7/c1-11(29)17(20(35)26-10-16(31)32)28-19(34)15(9-12-4-6-13(30)7-5-12)27-18(33)14(22)3-2-8-25-21(23)24/h4-7,11,14-15,17,29-30H,2-3,8-10,22H2,1H3,(H,26,35)(H,27,33)(H,28,34)(H,31,32)(H4,23,24,25). The van der Waals surface area contributed by atoms with Gasteiger partial charge < -0.3 is 48.5 Å². The quantitative estimate of drug-likeness (QED) is 0.0712. The molecule has 35 heavy (non-hydrogen) atoms. The van der Waals surface area contributed by atoms with Gasteiger partial charge in [-0.2, -0.15) is 0 Å². The molecule has 1 aromatic carbocycles.